The predicted octanol–water partition coefficient (Wildman–Crippen LogP) is 3.09. The van der Waals surface area contributed by atoms with Gasteiger partial charge in [0.15, 0.2) is 6.61 Å². The van der Waals surface area contributed by atoms with Crippen LogP contribution in [0.4, 0.5) is 15.8 Å². The number of carbonyl (C=O) groups is 2. The lowest BCUT2D eigenvalue weighted by Gasteiger charge is -2.13. The number of nitrogens with zero attached hydrogens (tertiary/aromatic N) is 1. The Kier molecular flexibility index (Phi) is 6.28. The molecular weight excluding hydrogens is 323 g/mol. The summed E-state index contributed by atoms with van der Waals surface area (Å²) in [6.07, 6.45) is 2.67. The summed E-state index contributed by atoms with van der Waals surface area (Å²) in [7, 11) is 3.85. The highest BCUT2D eigenvalue weighted by Gasteiger charge is 2.06. The van der Waals surface area contributed by atoms with Crippen LogP contribution in [-0.2, 0) is 14.3 Å². The number of hydrogen-bond acceptors (Lipinski definition) is 4. The van der Waals surface area contributed by atoms with Crippen molar-refractivity contribution in [3.63, 3.8) is 0 Å². The molecule has 5 nitrogen and oxygen atoms in total. The van der Waals surface area contributed by atoms with Gasteiger partial charge in [0.05, 0.1) is 0 Å². The van der Waals surface area contributed by atoms with Crippen LogP contribution in [-0.4, -0.2) is 32.6 Å². The maximum Gasteiger partial charge on any atom is 0.331 e. The van der Waals surface area contributed by atoms with Crippen molar-refractivity contribution in [1.29, 1.82) is 0 Å². The molecule has 0 bridgehead atoms. The van der Waals surface area contributed by atoms with Crippen LogP contribution < -0.4 is 10.2 Å². The monoisotopic (exact) mass is 342 g/mol. The molecule has 25 heavy (non-hydrogen) atoms. The summed E-state index contributed by atoms with van der Waals surface area (Å²) in [5.41, 5.74) is 2.28. The van der Waals surface area contributed by atoms with Crippen molar-refractivity contribution < 1.29 is 18.7 Å². The van der Waals surface area contributed by atoms with Gasteiger partial charge in [0, 0.05) is 31.5 Å². The number of rotatable bonds is 6. The number of ether oxygens (including phenoxy) is 1. The summed E-state index contributed by atoms with van der Waals surface area (Å²) in [5.74, 6) is -1.43. The van der Waals surface area contributed by atoms with Gasteiger partial charge in [-0.3, -0.25) is 4.79 Å². The Hall–Kier alpha value is -3.15. The zero-order valence-electron chi connectivity index (χ0n) is 14.0. The fourth-order valence-corrected chi connectivity index (χ4v) is 1.96. The zero-order chi connectivity index (χ0) is 18.2. The quantitative estimate of drug-likeness (QED) is 0.647. The van der Waals surface area contributed by atoms with Gasteiger partial charge in [0.2, 0.25) is 0 Å². The molecule has 0 aliphatic heterocycles. The van der Waals surface area contributed by atoms with E-state index >= 15 is 0 Å². The first-order chi connectivity index (χ1) is 11.9. The van der Waals surface area contributed by atoms with Gasteiger partial charge < -0.3 is 15.0 Å². The van der Waals surface area contributed by atoms with E-state index in [9.17, 15) is 14.0 Å². The molecule has 2 rings (SSSR count). The first-order valence-electron chi connectivity index (χ1n) is 7.62. The number of carbonyl (C=O) groups excluding carboxylic acids is 2. The molecule has 0 unspecified atom stereocenters. The summed E-state index contributed by atoms with van der Waals surface area (Å²) >= 11 is 0. The summed E-state index contributed by atoms with van der Waals surface area (Å²) in [5, 5.41) is 2.64. The molecule has 0 aromatic heterocycles. The highest BCUT2D eigenvalue weighted by molar-refractivity contribution is 5.94. The maximum absolute atomic E-state index is 12.8. The molecule has 2 aromatic rings. The third-order valence-corrected chi connectivity index (χ3v) is 3.29. The summed E-state index contributed by atoms with van der Waals surface area (Å²) in [6, 6.07) is 12.9. The topological polar surface area (TPSA) is 58.6 Å². The Bertz CT molecular complexity index is 753. The molecule has 0 radical (unpaired) electrons. The van der Waals surface area contributed by atoms with Gasteiger partial charge in [0.1, 0.15) is 5.82 Å². The summed E-state index contributed by atoms with van der Waals surface area (Å²) < 4.78 is 17.6. The minimum absolute atomic E-state index is 0.352. The average Bonchev–Trinajstić information content (AvgIpc) is 2.60. The zero-order valence-corrected chi connectivity index (χ0v) is 14.0. The van der Waals surface area contributed by atoms with Crippen molar-refractivity contribution in [2.24, 2.45) is 0 Å². The predicted molar refractivity (Wildman–Crippen MR) is 95.8 cm³/mol. The second-order valence-corrected chi connectivity index (χ2v) is 5.48. The van der Waals surface area contributed by atoms with E-state index in [-0.39, 0.29) is 12.4 Å². The number of benzene rings is 2. The van der Waals surface area contributed by atoms with E-state index in [1.165, 1.54) is 36.4 Å². The molecule has 1 amide bonds. The van der Waals surface area contributed by atoms with E-state index in [1.807, 2.05) is 31.1 Å². The Balaban J connectivity index is 1.78. The maximum atomic E-state index is 12.8. The third-order valence-electron chi connectivity index (χ3n) is 3.29. The second-order valence-electron chi connectivity index (χ2n) is 5.48. The fourth-order valence-electron chi connectivity index (χ4n) is 1.96. The molecule has 0 heterocycles. The molecule has 0 spiro atoms. The van der Waals surface area contributed by atoms with Gasteiger partial charge in [-0.2, -0.15) is 0 Å². The molecule has 6 heteroatoms. The first kappa shape index (κ1) is 18.2. The molecular formula is C19H19FN2O3. The average molecular weight is 342 g/mol. The van der Waals surface area contributed by atoms with Crippen LogP contribution >= 0.6 is 0 Å². The van der Waals surface area contributed by atoms with Crippen molar-refractivity contribution in [2.45, 2.75) is 0 Å². The number of esters is 1. The molecule has 130 valence electrons. The number of nitrogens with one attached hydrogen (secondary N) is 1. The van der Waals surface area contributed by atoms with E-state index in [2.05, 4.69) is 5.32 Å². The van der Waals surface area contributed by atoms with Crippen molar-refractivity contribution in [3.05, 3.63) is 66.0 Å². The summed E-state index contributed by atoms with van der Waals surface area (Å²) in [6.45, 7) is -0.387. The van der Waals surface area contributed by atoms with Crippen LogP contribution in [0.15, 0.2) is 54.6 Å². The standard InChI is InChI=1S/C19H19FN2O3/c1-22(2)17-10-8-16(9-11-17)21-18(23)13-25-19(24)12-5-14-3-6-15(20)7-4-14/h3-12H,13H2,1-2H3,(H,21,23). The molecule has 0 fully saturated rings. The van der Waals surface area contributed by atoms with Gasteiger partial charge in [-0.25, -0.2) is 9.18 Å². The molecule has 1 N–H and O–H groups in total. The SMILES string of the molecule is CN(C)c1ccc(NC(=O)COC(=O)C=Cc2ccc(F)cc2)cc1. The molecule has 2 aromatic carbocycles. The highest BCUT2D eigenvalue weighted by Crippen LogP contribution is 2.15. The van der Waals surface area contributed by atoms with E-state index in [0.717, 1.165) is 5.69 Å². The van der Waals surface area contributed by atoms with Gasteiger partial charge in [0.25, 0.3) is 5.91 Å². The van der Waals surface area contributed by atoms with E-state index < -0.39 is 11.9 Å². The van der Waals surface area contributed by atoms with Crippen molar-refractivity contribution in [3.8, 4) is 0 Å². The Labute approximate surface area is 145 Å². The smallest absolute Gasteiger partial charge is 0.331 e. The molecule has 0 aliphatic rings. The van der Waals surface area contributed by atoms with Crippen LogP contribution in [0.1, 0.15) is 5.56 Å². The van der Waals surface area contributed by atoms with Crippen LogP contribution in [0.2, 0.25) is 0 Å². The van der Waals surface area contributed by atoms with Gasteiger partial charge in [-0.15, -0.1) is 0 Å². The number of hydrogen-bond donors (Lipinski definition) is 1. The molecule has 0 aliphatic carbocycles. The van der Waals surface area contributed by atoms with Gasteiger partial charge in [-0.1, -0.05) is 12.1 Å². The minimum atomic E-state index is -0.651. The van der Waals surface area contributed by atoms with Crippen LogP contribution in [0, 0.1) is 5.82 Å². The van der Waals surface area contributed by atoms with Crippen LogP contribution in [0.25, 0.3) is 6.08 Å². The lowest BCUT2D eigenvalue weighted by Crippen LogP contribution is -2.20. The molecule has 0 saturated heterocycles. The molecule has 0 saturated carbocycles. The Morgan fingerprint density at radius 2 is 1.72 bits per heavy atom. The summed E-state index contributed by atoms with van der Waals surface area (Å²) in [4.78, 5) is 25.3. The number of amides is 1. The van der Waals surface area contributed by atoms with Crippen molar-refractivity contribution in [2.75, 3.05) is 30.9 Å². The Morgan fingerprint density at radius 3 is 2.32 bits per heavy atom. The lowest BCUT2D eigenvalue weighted by molar-refractivity contribution is -0.142. The first-order valence-corrected chi connectivity index (χ1v) is 7.62. The number of halogens is 1. The number of anilines is 2. The Morgan fingerprint density at radius 1 is 1.08 bits per heavy atom. The highest BCUT2D eigenvalue weighted by atomic mass is 19.1. The second kappa shape index (κ2) is 8.63. The third kappa shape index (κ3) is 6.10. The van der Waals surface area contributed by atoms with E-state index in [1.54, 1.807) is 12.1 Å². The van der Waals surface area contributed by atoms with Crippen LogP contribution in [0.3, 0.4) is 0 Å². The van der Waals surface area contributed by atoms with Crippen molar-refractivity contribution in [1.82, 2.24) is 0 Å². The van der Waals surface area contributed by atoms with Crippen LogP contribution in [0.5, 0.6) is 0 Å². The van der Waals surface area contributed by atoms with E-state index in [0.29, 0.717) is 11.3 Å². The van der Waals surface area contributed by atoms with Gasteiger partial charge in [-0.05, 0) is 48.0 Å². The normalized spacial score (nSPS) is 10.5. The molecule has 0 atom stereocenters. The van der Waals surface area contributed by atoms with Crippen molar-refractivity contribution >= 4 is 29.3 Å². The largest absolute Gasteiger partial charge is 0.452 e. The minimum Gasteiger partial charge on any atom is -0.452 e. The van der Waals surface area contributed by atoms with Gasteiger partial charge >= 0.3 is 5.97 Å². The fraction of sp³-hybridized carbons (Fsp3) is 0.158. The van der Waals surface area contributed by atoms with E-state index in [4.69, 9.17) is 4.74 Å². The lowest BCUT2D eigenvalue weighted by atomic mass is 10.2.